The largest absolute Gasteiger partial charge is 0.416 e. The summed E-state index contributed by atoms with van der Waals surface area (Å²) in [6.45, 7) is 1.84. The Kier molecular flexibility index (Phi) is 5.41. The van der Waals surface area contributed by atoms with Crippen molar-refractivity contribution in [3.8, 4) is 11.4 Å². The van der Waals surface area contributed by atoms with E-state index in [1.54, 1.807) is 11.3 Å². The Bertz CT molecular complexity index is 1090. The fourth-order valence-corrected chi connectivity index (χ4v) is 4.03. The molecule has 4 rings (SSSR count). The summed E-state index contributed by atoms with van der Waals surface area (Å²) in [5.41, 5.74) is -0.522. The van der Waals surface area contributed by atoms with Gasteiger partial charge >= 0.3 is 6.18 Å². The summed E-state index contributed by atoms with van der Waals surface area (Å²) in [4.78, 5) is 9.85. The number of benzene rings is 1. The van der Waals surface area contributed by atoms with Gasteiger partial charge in [0.2, 0.25) is 16.9 Å². The molecule has 0 unspecified atom stereocenters. The van der Waals surface area contributed by atoms with E-state index in [0.717, 1.165) is 18.0 Å². The van der Waals surface area contributed by atoms with Crippen molar-refractivity contribution >= 4 is 23.1 Å². The lowest BCUT2D eigenvalue weighted by Gasteiger charge is -2.06. The molecule has 0 amide bonds. The summed E-state index contributed by atoms with van der Waals surface area (Å²) in [7, 11) is 0. The minimum atomic E-state index is -4.43. The van der Waals surface area contributed by atoms with Crippen LogP contribution in [-0.2, 0) is 12.6 Å². The molecule has 4 aromatic rings. The van der Waals surface area contributed by atoms with Crippen molar-refractivity contribution in [1.82, 2.24) is 25.3 Å². The van der Waals surface area contributed by atoms with Crippen molar-refractivity contribution in [1.29, 1.82) is 0 Å². The fraction of sp³-hybridized carbons (Fsp3) is 0.222. The van der Waals surface area contributed by atoms with Crippen LogP contribution in [0.2, 0.25) is 0 Å². The monoisotopic (exact) mass is 437 g/mol. The van der Waals surface area contributed by atoms with E-state index in [0.29, 0.717) is 11.6 Å². The van der Waals surface area contributed by atoms with Gasteiger partial charge in [-0.15, -0.1) is 16.4 Å². The van der Waals surface area contributed by atoms with Gasteiger partial charge in [0.05, 0.1) is 10.8 Å². The van der Waals surface area contributed by atoms with Crippen LogP contribution in [0.4, 0.5) is 13.2 Å². The molecule has 1 aromatic carbocycles. The van der Waals surface area contributed by atoms with Gasteiger partial charge in [0.25, 0.3) is 0 Å². The Morgan fingerprint density at radius 2 is 2.07 bits per heavy atom. The van der Waals surface area contributed by atoms with E-state index >= 15 is 0 Å². The second-order valence-corrected chi connectivity index (χ2v) is 8.46. The number of alkyl halides is 3. The summed E-state index contributed by atoms with van der Waals surface area (Å²) in [6, 6.07) is 8.82. The molecule has 0 bridgehead atoms. The zero-order valence-electron chi connectivity index (χ0n) is 15.0. The van der Waals surface area contributed by atoms with E-state index in [1.165, 1.54) is 28.8 Å². The zero-order chi connectivity index (χ0) is 20.4. The van der Waals surface area contributed by atoms with Gasteiger partial charge in [0.15, 0.2) is 0 Å². The van der Waals surface area contributed by atoms with E-state index < -0.39 is 11.7 Å². The minimum Gasteiger partial charge on any atom is -0.338 e. The van der Waals surface area contributed by atoms with Crippen LogP contribution in [0.3, 0.4) is 0 Å². The first-order chi connectivity index (χ1) is 13.9. The second-order valence-electron chi connectivity index (χ2n) is 6.12. The maximum absolute atomic E-state index is 12.9. The molecule has 1 N–H and O–H groups in total. The number of thiophene rings is 1. The van der Waals surface area contributed by atoms with Gasteiger partial charge in [-0.25, -0.2) is 4.98 Å². The Morgan fingerprint density at radius 3 is 2.83 bits per heavy atom. The number of H-pyrrole nitrogens is 1. The van der Waals surface area contributed by atoms with Gasteiger partial charge in [-0.05, 0) is 30.5 Å². The number of nitrogens with zero attached hydrogens (tertiary/aromatic N) is 4. The summed E-state index contributed by atoms with van der Waals surface area (Å²) in [6.07, 6.45) is -3.77. The highest BCUT2D eigenvalue weighted by atomic mass is 32.2. The molecular weight excluding hydrogens is 423 g/mol. The molecule has 11 heteroatoms. The summed E-state index contributed by atoms with van der Waals surface area (Å²) in [5.74, 6) is 1.14. The van der Waals surface area contributed by atoms with Crippen LogP contribution >= 0.6 is 23.1 Å². The van der Waals surface area contributed by atoms with Crippen LogP contribution in [0.5, 0.6) is 0 Å². The summed E-state index contributed by atoms with van der Waals surface area (Å²) in [5, 5.41) is 13.2. The average molecular weight is 437 g/mol. The fourth-order valence-electron chi connectivity index (χ4n) is 2.55. The van der Waals surface area contributed by atoms with Crippen LogP contribution in [0.1, 0.15) is 34.3 Å². The molecule has 6 nitrogen and oxygen atoms in total. The molecule has 0 aliphatic carbocycles. The summed E-state index contributed by atoms with van der Waals surface area (Å²) < 4.78 is 43.9. The van der Waals surface area contributed by atoms with Crippen LogP contribution in [0.25, 0.3) is 11.4 Å². The predicted octanol–water partition coefficient (Wildman–Crippen LogP) is 5.38. The molecule has 0 spiro atoms. The topological polar surface area (TPSA) is 80.5 Å². The molecule has 0 saturated heterocycles. The van der Waals surface area contributed by atoms with Crippen LogP contribution in [-0.4, -0.2) is 25.3 Å². The second kappa shape index (κ2) is 7.99. The van der Waals surface area contributed by atoms with Gasteiger partial charge in [0.1, 0.15) is 5.82 Å². The maximum atomic E-state index is 12.9. The number of hydrogen-bond donors (Lipinski definition) is 1. The quantitative estimate of drug-likeness (QED) is 0.408. The Morgan fingerprint density at radius 1 is 1.21 bits per heavy atom. The molecule has 3 aromatic heterocycles. The number of halogens is 3. The van der Waals surface area contributed by atoms with Crippen LogP contribution < -0.4 is 0 Å². The van der Waals surface area contributed by atoms with Gasteiger partial charge < -0.3 is 4.52 Å². The highest BCUT2D eigenvalue weighted by molar-refractivity contribution is 7.99. The minimum absolute atomic E-state index is 0.104. The first-order valence-corrected chi connectivity index (χ1v) is 10.3. The molecule has 3 heterocycles. The molecule has 150 valence electrons. The molecule has 29 heavy (non-hydrogen) atoms. The third kappa shape index (κ3) is 4.67. The number of aromatic amines is 1. The first-order valence-electron chi connectivity index (χ1n) is 8.50. The Balaban J connectivity index is 1.45. The van der Waals surface area contributed by atoms with E-state index in [4.69, 9.17) is 4.52 Å². The smallest absolute Gasteiger partial charge is 0.338 e. The average Bonchev–Trinajstić information content (AvgIpc) is 3.43. The van der Waals surface area contributed by atoms with Crippen LogP contribution in [0.15, 0.2) is 51.5 Å². The van der Waals surface area contributed by atoms with Crippen molar-refractivity contribution < 1.29 is 17.7 Å². The van der Waals surface area contributed by atoms with Crippen molar-refractivity contribution in [2.24, 2.45) is 0 Å². The number of rotatable bonds is 6. The first kappa shape index (κ1) is 19.6. The third-order valence-corrected chi connectivity index (χ3v) is 5.78. The van der Waals surface area contributed by atoms with Gasteiger partial charge in [-0.3, -0.25) is 5.10 Å². The van der Waals surface area contributed by atoms with Crippen molar-refractivity contribution in [3.63, 3.8) is 0 Å². The van der Waals surface area contributed by atoms with E-state index in [2.05, 4.69) is 25.3 Å². The predicted molar refractivity (Wildman–Crippen MR) is 103 cm³/mol. The van der Waals surface area contributed by atoms with Crippen LogP contribution in [0, 0.1) is 0 Å². The standard InChI is InChI=1S/C18H14F3N5OS2/c1-10(29-17-22-14(24-25-17)9-13-6-3-7-28-13)16-23-15(26-27-16)11-4-2-5-12(8-11)18(19,20)21/h2-8,10H,9H2,1H3,(H,22,24,25)/t10-/m1/s1. The molecule has 0 saturated carbocycles. The Hall–Kier alpha value is -2.66. The van der Waals surface area contributed by atoms with Gasteiger partial charge in [0, 0.05) is 16.9 Å². The van der Waals surface area contributed by atoms with E-state index in [-0.39, 0.29) is 22.5 Å². The SMILES string of the molecule is C[C@@H](Sc1n[nH]c(Cc2cccs2)n1)c1nc(-c2cccc(C(F)(F)F)c2)no1. The molecule has 0 radical (unpaired) electrons. The lowest BCUT2D eigenvalue weighted by molar-refractivity contribution is -0.137. The van der Waals surface area contributed by atoms with E-state index in [1.807, 2.05) is 24.4 Å². The lowest BCUT2D eigenvalue weighted by Crippen LogP contribution is -2.04. The van der Waals surface area contributed by atoms with E-state index in [9.17, 15) is 13.2 Å². The van der Waals surface area contributed by atoms with Gasteiger partial charge in [-0.2, -0.15) is 18.2 Å². The lowest BCUT2D eigenvalue weighted by atomic mass is 10.1. The van der Waals surface area contributed by atoms with Crippen molar-refractivity contribution in [2.45, 2.75) is 29.9 Å². The number of aromatic nitrogens is 5. The number of nitrogens with one attached hydrogen (secondary N) is 1. The molecule has 0 fully saturated rings. The number of thioether (sulfide) groups is 1. The zero-order valence-corrected chi connectivity index (χ0v) is 16.6. The highest BCUT2D eigenvalue weighted by Crippen LogP contribution is 2.34. The molecular formula is C18H14F3N5OS2. The highest BCUT2D eigenvalue weighted by Gasteiger charge is 2.31. The normalized spacial score (nSPS) is 13.0. The maximum Gasteiger partial charge on any atom is 0.416 e. The molecule has 1 atom stereocenters. The van der Waals surface area contributed by atoms with Gasteiger partial charge in [-0.1, -0.05) is 35.1 Å². The third-order valence-electron chi connectivity index (χ3n) is 3.95. The molecule has 0 aliphatic heterocycles. The van der Waals surface area contributed by atoms with Crippen molar-refractivity contribution in [3.05, 3.63) is 63.9 Å². The Labute approximate surface area is 171 Å². The number of hydrogen-bond acceptors (Lipinski definition) is 7. The van der Waals surface area contributed by atoms with Crippen molar-refractivity contribution in [2.75, 3.05) is 0 Å². The molecule has 0 aliphatic rings. The summed E-state index contributed by atoms with van der Waals surface area (Å²) >= 11 is 2.96.